The highest BCUT2D eigenvalue weighted by Crippen LogP contribution is 2.27. The molecular weight excluding hydrogens is 404 g/mol. The summed E-state index contributed by atoms with van der Waals surface area (Å²) in [5, 5.41) is 11.5. The van der Waals surface area contributed by atoms with Crippen molar-refractivity contribution < 1.29 is 9.47 Å². The fourth-order valence-electron chi connectivity index (χ4n) is 2.26. The molecule has 128 valence electrons. The van der Waals surface area contributed by atoms with Crippen LogP contribution in [-0.4, -0.2) is 35.3 Å². The molecule has 0 saturated carbocycles. The highest BCUT2D eigenvalue weighted by atomic mass is 79.9. The zero-order valence-electron chi connectivity index (χ0n) is 13.6. The fourth-order valence-corrected chi connectivity index (χ4v) is 2.90. The molecule has 1 heterocycles. The van der Waals surface area contributed by atoms with Gasteiger partial charge in [0, 0.05) is 21.7 Å². The van der Waals surface area contributed by atoms with Gasteiger partial charge in [-0.1, -0.05) is 28.1 Å². The van der Waals surface area contributed by atoms with Gasteiger partial charge in [-0.25, -0.2) is 5.10 Å². The summed E-state index contributed by atoms with van der Waals surface area (Å²) < 4.78 is 13.5. The Bertz CT molecular complexity index is 981. The van der Waals surface area contributed by atoms with Crippen molar-refractivity contribution in [2.75, 3.05) is 14.2 Å². The van der Waals surface area contributed by atoms with Gasteiger partial charge in [0.2, 0.25) is 4.77 Å². The summed E-state index contributed by atoms with van der Waals surface area (Å²) in [6.07, 6.45) is 1.67. The first-order valence-electron chi connectivity index (χ1n) is 7.32. The van der Waals surface area contributed by atoms with Crippen LogP contribution in [0.15, 0.2) is 52.0 Å². The van der Waals surface area contributed by atoms with Crippen LogP contribution < -0.4 is 9.47 Å². The third kappa shape index (κ3) is 3.64. The summed E-state index contributed by atoms with van der Waals surface area (Å²) in [7, 11) is 3.21. The second-order valence-electron chi connectivity index (χ2n) is 5.00. The van der Waals surface area contributed by atoms with Gasteiger partial charge in [-0.3, -0.25) is 0 Å². The number of nitrogens with one attached hydrogen (secondary N) is 1. The van der Waals surface area contributed by atoms with E-state index in [0.29, 0.717) is 22.1 Å². The lowest BCUT2D eigenvalue weighted by Gasteiger charge is -2.07. The van der Waals surface area contributed by atoms with E-state index in [-0.39, 0.29) is 0 Å². The van der Waals surface area contributed by atoms with E-state index in [1.807, 2.05) is 36.4 Å². The molecule has 2 aromatic carbocycles. The molecule has 0 saturated heterocycles. The van der Waals surface area contributed by atoms with Crippen LogP contribution in [0.2, 0.25) is 0 Å². The molecule has 1 N–H and O–H groups in total. The van der Waals surface area contributed by atoms with Crippen molar-refractivity contribution in [3.8, 4) is 22.9 Å². The normalized spacial score (nSPS) is 11.0. The minimum atomic E-state index is 0.398. The molecular formula is C17H15BrN4O2S. The second kappa shape index (κ2) is 7.62. The number of hydrogen-bond donors (Lipinski definition) is 1. The molecule has 6 nitrogen and oxygen atoms in total. The first-order valence-corrected chi connectivity index (χ1v) is 8.53. The van der Waals surface area contributed by atoms with E-state index < -0.39 is 0 Å². The molecule has 0 amide bonds. The zero-order valence-corrected chi connectivity index (χ0v) is 16.0. The van der Waals surface area contributed by atoms with E-state index in [1.54, 1.807) is 31.2 Å². The number of halogens is 1. The predicted octanol–water partition coefficient (Wildman–Crippen LogP) is 4.27. The summed E-state index contributed by atoms with van der Waals surface area (Å²) in [5.74, 6) is 1.98. The van der Waals surface area contributed by atoms with Gasteiger partial charge in [-0.05, 0) is 36.5 Å². The van der Waals surface area contributed by atoms with E-state index in [4.69, 9.17) is 21.7 Å². The summed E-state index contributed by atoms with van der Waals surface area (Å²) in [6.45, 7) is 0. The Hall–Kier alpha value is -2.45. The number of aromatic amines is 1. The molecule has 0 fully saturated rings. The van der Waals surface area contributed by atoms with Crippen molar-refractivity contribution in [2.24, 2.45) is 5.10 Å². The van der Waals surface area contributed by atoms with Crippen molar-refractivity contribution >= 4 is 34.4 Å². The fraction of sp³-hybridized carbons (Fsp3) is 0.118. The third-order valence-corrected chi connectivity index (χ3v) is 4.47. The quantitative estimate of drug-likeness (QED) is 0.496. The molecule has 0 aliphatic carbocycles. The lowest BCUT2D eigenvalue weighted by molar-refractivity contribution is 0.394. The number of H-pyrrole nitrogens is 1. The van der Waals surface area contributed by atoms with E-state index in [9.17, 15) is 0 Å². The number of aromatic nitrogens is 3. The third-order valence-electron chi connectivity index (χ3n) is 3.52. The molecule has 0 aliphatic heterocycles. The average molecular weight is 419 g/mol. The molecule has 25 heavy (non-hydrogen) atoms. The van der Waals surface area contributed by atoms with Crippen LogP contribution in [0.3, 0.4) is 0 Å². The standard InChI is InChI=1S/C17H15BrN4O2S/c1-23-12-8-7-11(15(9-12)24-2)10-19-22-16(20-21-17(22)25)13-5-3-4-6-14(13)18/h3-10H,1-2H3,(H,21,25). The number of rotatable bonds is 5. The van der Waals surface area contributed by atoms with Gasteiger partial charge in [-0.15, -0.1) is 0 Å². The summed E-state index contributed by atoms with van der Waals surface area (Å²) in [5.41, 5.74) is 1.68. The monoisotopic (exact) mass is 418 g/mol. The Kier molecular flexibility index (Phi) is 5.30. The summed E-state index contributed by atoms with van der Waals surface area (Å²) in [4.78, 5) is 0. The smallest absolute Gasteiger partial charge is 0.216 e. The minimum absolute atomic E-state index is 0.398. The lowest BCUT2D eigenvalue weighted by Crippen LogP contribution is -1.97. The molecule has 0 spiro atoms. The summed E-state index contributed by atoms with van der Waals surface area (Å²) >= 11 is 8.82. The Labute approximate surface area is 158 Å². The van der Waals surface area contributed by atoms with Crippen molar-refractivity contribution in [1.82, 2.24) is 14.9 Å². The Balaban J connectivity index is 2.02. The number of hydrogen-bond acceptors (Lipinski definition) is 5. The predicted molar refractivity (Wildman–Crippen MR) is 103 cm³/mol. The Morgan fingerprint density at radius 2 is 2.00 bits per heavy atom. The van der Waals surface area contributed by atoms with Gasteiger partial charge in [0.1, 0.15) is 11.5 Å². The van der Waals surface area contributed by atoms with Gasteiger partial charge in [0.25, 0.3) is 0 Å². The molecule has 0 unspecified atom stereocenters. The molecule has 0 bridgehead atoms. The van der Waals surface area contributed by atoms with Crippen molar-refractivity contribution in [2.45, 2.75) is 0 Å². The number of nitrogens with zero attached hydrogens (tertiary/aromatic N) is 3. The van der Waals surface area contributed by atoms with E-state index in [2.05, 4.69) is 31.2 Å². The van der Waals surface area contributed by atoms with Crippen molar-refractivity contribution in [3.63, 3.8) is 0 Å². The maximum atomic E-state index is 5.38. The topological polar surface area (TPSA) is 64.4 Å². The molecule has 0 radical (unpaired) electrons. The molecule has 3 rings (SSSR count). The highest BCUT2D eigenvalue weighted by Gasteiger charge is 2.11. The van der Waals surface area contributed by atoms with Crippen LogP contribution in [0.4, 0.5) is 0 Å². The maximum Gasteiger partial charge on any atom is 0.216 e. The van der Waals surface area contributed by atoms with Crippen LogP contribution in [0, 0.1) is 4.77 Å². The molecule has 3 aromatic rings. The minimum Gasteiger partial charge on any atom is -0.497 e. The van der Waals surface area contributed by atoms with Gasteiger partial charge >= 0.3 is 0 Å². The molecule has 8 heteroatoms. The second-order valence-corrected chi connectivity index (χ2v) is 6.24. The SMILES string of the molecule is COc1ccc(C=Nn2c(-c3ccccc3Br)n[nH]c2=S)c(OC)c1. The highest BCUT2D eigenvalue weighted by molar-refractivity contribution is 9.10. The molecule has 0 atom stereocenters. The average Bonchev–Trinajstić information content (AvgIpc) is 3.00. The van der Waals surface area contributed by atoms with Crippen molar-refractivity contribution in [1.29, 1.82) is 0 Å². The van der Waals surface area contributed by atoms with Crippen LogP contribution in [0.25, 0.3) is 11.4 Å². The van der Waals surface area contributed by atoms with Gasteiger partial charge in [-0.2, -0.15) is 14.9 Å². The maximum absolute atomic E-state index is 5.38. The number of ether oxygens (including phenoxy) is 2. The van der Waals surface area contributed by atoms with Crippen LogP contribution in [0.5, 0.6) is 11.5 Å². The van der Waals surface area contributed by atoms with Gasteiger partial charge in [0.05, 0.1) is 20.4 Å². The van der Waals surface area contributed by atoms with Crippen LogP contribution >= 0.6 is 28.1 Å². The summed E-state index contributed by atoms with van der Waals surface area (Å²) in [6, 6.07) is 13.2. The van der Waals surface area contributed by atoms with Crippen LogP contribution in [-0.2, 0) is 0 Å². The van der Waals surface area contributed by atoms with Crippen molar-refractivity contribution in [3.05, 3.63) is 57.3 Å². The van der Waals surface area contributed by atoms with Gasteiger partial charge < -0.3 is 9.47 Å². The zero-order chi connectivity index (χ0) is 17.8. The van der Waals surface area contributed by atoms with E-state index in [0.717, 1.165) is 15.6 Å². The lowest BCUT2D eigenvalue weighted by atomic mass is 10.2. The first-order chi connectivity index (χ1) is 12.1. The number of methoxy groups -OCH3 is 2. The first kappa shape index (κ1) is 17.4. The largest absolute Gasteiger partial charge is 0.497 e. The van der Waals surface area contributed by atoms with E-state index >= 15 is 0 Å². The Morgan fingerprint density at radius 1 is 1.20 bits per heavy atom. The Morgan fingerprint density at radius 3 is 2.72 bits per heavy atom. The number of benzene rings is 2. The van der Waals surface area contributed by atoms with E-state index in [1.165, 1.54) is 0 Å². The molecule has 1 aromatic heterocycles. The van der Waals surface area contributed by atoms with Gasteiger partial charge in [0.15, 0.2) is 5.82 Å². The van der Waals surface area contributed by atoms with Crippen LogP contribution in [0.1, 0.15) is 5.56 Å². The molecule has 0 aliphatic rings.